The number of anilines is 2. The molecule has 0 aromatic heterocycles. The lowest BCUT2D eigenvalue weighted by molar-refractivity contribution is -0.384. The smallest absolute Gasteiger partial charge is 0.293 e. The van der Waals surface area contributed by atoms with Gasteiger partial charge in [-0.1, -0.05) is 54.6 Å². The minimum atomic E-state index is -0.369. The SMILES string of the molecule is CN(C)c1ccc(C=NN(Cc2ccccc2)c2ccccc2)cc1[N+](=O)[O-]. The van der Waals surface area contributed by atoms with Crippen LogP contribution in [0.4, 0.5) is 17.1 Å². The first-order valence-electron chi connectivity index (χ1n) is 8.91. The standard InChI is InChI=1S/C22H22N4O2/c1-24(2)21-14-13-19(15-22(21)26(27)28)16-23-25(20-11-7-4-8-12-20)17-18-9-5-3-6-10-18/h3-16H,17H2,1-2H3. The molecule has 142 valence electrons. The fourth-order valence-electron chi connectivity index (χ4n) is 2.84. The summed E-state index contributed by atoms with van der Waals surface area (Å²) in [6, 6.07) is 25.0. The zero-order chi connectivity index (χ0) is 19.9. The van der Waals surface area contributed by atoms with Gasteiger partial charge in [0.15, 0.2) is 0 Å². The number of nitro benzene ring substituents is 1. The average molecular weight is 374 g/mol. The Hall–Kier alpha value is -3.67. The fraction of sp³-hybridized carbons (Fsp3) is 0.136. The molecular weight excluding hydrogens is 352 g/mol. The van der Waals surface area contributed by atoms with E-state index >= 15 is 0 Å². The third-order valence-corrected chi connectivity index (χ3v) is 4.25. The van der Waals surface area contributed by atoms with Crippen LogP contribution in [0.25, 0.3) is 0 Å². The Morgan fingerprint density at radius 3 is 2.21 bits per heavy atom. The number of benzene rings is 3. The third-order valence-electron chi connectivity index (χ3n) is 4.25. The van der Waals surface area contributed by atoms with E-state index in [0.29, 0.717) is 17.8 Å². The topological polar surface area (TPSA) is 62.0 Å². The second-order valence-corrected chi connectivity index (χ2v) is 6.52. The van der Waals surface area contributed by atoms with Crippen molar-refractivity contribution < 1.29 is 4.92 Å². The molecule has 0 aliphatic rings. The second-order valence-electron chi connectivity index (χ2n) is 6.52. The molecule has 3 aromatic rings. The summed E-state index contributed by atoms with van der Waals surface area (Å²) in [5, 5.41) is 17.9. The van der Waals surface area contributed by atoms with Crippen LogP contribution in [-0.2, 0) is 6.54 Å². The van der Waals surface area contributed by atoms with E-state index in [-0.39, 0.29) is 10.6 Å². The van der Waals surface area contributed by atoms with E-state index in [0.717, 1.165) is 11.3 Å². The van der Waals surface area contributed by atoms with Gasteiger partial charge in [0, 0.05) is 25.7 Å². The Kier molecular flexibility index (Phi) is 6.01. The van der Waals surface area contributed by atoms with Gasteiger partial charge in [0.25, 0.3) is 5.69 Å². The first-order chi connectivity index (χ1) is 13.5. The molecule has 6 heteroatoms. The summed E-state index contributed by atoms with van der Waals surface area (Å²) in [6.07, 6.45) is 1.66. The maximum Gasteiger partial charge on any atom is 0.293 e. The van der Waals surface area contributed by atoms with Crippen LogP contribution in [-0.4, -0.2) is 25.2 Å². The van der Waals surface area contributed by atoms with Gasteiger partial charge in [-0.2, -0.15) is 5.10 Å². The second kappa shape index (κ2) is 8.81. The molecular formula is C22H22N4O2. The van der Waals surface area contributed by atoms with Gasteiger partial charge >= 0.3 is 0 Å². The van der Waals surface area contributed by atoms with Crippen LogP contribution in [0.3, 0.4) is 0 Å². The summed E-state index contributed by atoms with van der Waals surface area (Å²) in [5.41, 5.74) is 3.36. The number of hydrogen-bond acceptors (Lipinski definition) is 5. The van der Waals surface area contributed by atoms with Crippen LogP contribution in [0, 0.1) is 10.1 Å². The van der Waals surface area contributed by atoms with Crippen molar-refractivity contribution in [3.63, 3.8) is 0 Å². The molecule has 0 aliphatic carbocycles. The van der Waals surface area contributed by atoms with E-state index in [9.17, 15) is 10.1 Å². The summed E-state index contributed by atoms with van der Waals surface area (Å²) in [5.74, 6) is 0. The highest BCUT2D eigenvalue weighted by Crippen LogP contribution is 2.27. The molecule has 3 rings (SSSR count). The first-order valence-corrected chi connectivity index (χ1v) is 8.91. The fourth-order valence-corrected chi connectivity index (χ4v) is 2.84. The molecule has 0 spiro atoms. The maximum atomic E-state index is 11.4. The zero-order valence-electron chi connectivity index (χ0n) is 15.9. The van der Waals surface area contributed by atoms with E-state index in [2.05, 4.69) is 5.10 Å². The Bertz CT molecular complexity index is 957. The Balaban J connectivity index is 1.91. The van der Waals surface area contributed by atoms with Crippen LogP contribution in [0.15, 0.2) is 84.0 Å². The summed E-state index contributed by atoms with van der Waals surface area (Å²) in [6.45, 7) is 0.596. The van der Waals surface area contributed by atoms with Crippen LogP contribution in [0.5, 0.6) is 0 Å². The van der Waals surface area contributed by atoms with Crippen molar-refractivity contribution >= 4 is 23.3 Å². The predicted molar refractivity (Wildman–Crippen MR) is 114 cm³/mol. The van der Waals surface area contributed by atoms with Gasteiger partial charge in [0.05, 0.1) is 23.4 Å². The van der Waals surface area contributed by atoms with E-state index in [1.807, 2.05) is 71.7 Å². The van der Waals surface area contributed by atoms with E-state index in [1.165, 1.54) is 0 Å². The van der Waals surface area contributed by atoms with Gasteiger partial charge < -0.3 is 4.90 Å². The highest BCUT2D eigenvalue weighted by Gasteiger charge is 2.15. The largest absolute Gasteiger partial charge is 0.372 e. The van der Waals surface area contributed by atoms with Crippen LogP contribution < -0.4 is 9.91 Å². The van der Waals surface area contributed by atoms with Crippen molar-refractivity contribution in [2.75, 3.05) is 24.0 Å². The van der Waals surface area contributed by atoms with Crippen molar-refractivity contribution in [1.29, 1.82) is 0 Å². The van der Waals surface area contributed by atoms with Gasteiger partial charge in [-0.15, -0.1) is 0 Å². The van der Waals surface area contributed by atoms with E-state index in [1.54, 1.807) is 37.3 Å². The van der Waals surface area contributed by atoms with E-state index in [4.69, 9.17) is 0 Å². The molecule has 0 radical (unpaired) electrons. The molecule has 3 aromatic carbocycles. The van der Waals surface area contributed by atoms with Gasteiger partial charge in [0.1, 0.15) is 5.69 Å². The van der Waals surface area contributed by atoms with Crippen LogP contribution in [0.2, 0.25) is 0 Å². The van der Waals surface area contributed by atoms with Crippen molar-refractivity contribution in [2.24, 2.45) is 5.10 Å². The van der Waals surface area contributed by atoms with E-state index < -0.39 is 0 Å². The van der Waals surface area contributed by atoms with Gasteiger partial charge in [-0.05, 0) is 23.8 Å². The minimum absolute atomic E-state index is 0.0586. The number of nitro groups is 1. The molecule has 0 fully saturated rings. The number of nitrogens with zero attached hydrogens (tertiary/aromatic N) is 4. The summed E-state index contributed by atoms with van der Waals surface area (Å²) in [7, 11) is 3.57. The molecule has 0 N–H and O–H groups in total. The molecule has 0 saturated carbocycles. The number of hydrogen-bond donors (Lipinski definition) is 0. The molecule has 0 unspecified atom stereocenters. The molecule has 6 nitrogen and oxygen atoms in total. The van der Waals surface area contributed by atoms with Crippen molar-refractivity contribution in [3.05, 3.63) is 100 Å². The minimum Gasteiger partial charge on any atom is -0.372 e. The van der Waals surface area contributed by atoms with Crippen LogP contribution in [0.1, 0.15) is 11.1 Å². The molecule has 0 amide bonds. The molecule has 0 saturated heterocycles. The normalized spacial score (nSPS) is 10.8. The summed E-state index contributed by atoms with van der Waals surface area (Å²) < 4.78 is 0. The van der Waals surface area contributed by atoms with Gasteiger partial charge in [-0.3, -0.25) is 15.1 Å². The average Bonchev–Trinajstić information content (AvgIpc) is 2.72. The monoisotopic (exact) mass is 374 g/mol. The van der Waals surface area contributed by atoms with Crippen molar-refractivity contribution in [3.8, 4) is 0 Å². The lowest BCUT2D eigenvalue weighted by atomic mass is 10.2. The summed E-state index contributed by atoms with van der Waals surface area (Å²) in [4.78, 5) is 12.8. The molecule has 0 heterocycles. The zero-order valence-corrected chi connectivity index (χ0v) is 15.9. The highest BCUT2D eigenvalue weighted by atomic mass is 16.6. The Morgan fingerprint density at radius 1 is 0.964 bits per heavy atom. The maximum absolute atomic E-state index is 11.4. The molecule has 0 bridgehead atoms. The Morgan fingerprint density at radius 2 is 1.61 bits per heavy atom. The lowest BCUT2D eigenvalue weighted by Gasteiger charge is -2.19. The summed E-state index contributed by atoms with van der Waals surface area (Å²) >= 11 is 0. The first kappa shape index (κ1) is 19.1. The molecule has 0 aliphatic heterocycles. The number of para-hydroxylation sites is 1. The molecule has 28 heavy (non-hydrogen) atoms. The lowest BCUT2D eigenvalue weighted by Crippen LogP contribution is -2.16. The number of hydrazone groups is 1. The highest BCUT2D eigenvalue weighted by molar-refractivity contribution is 5.83. The van der Waals surface area contributed by atoms with Crippen molar-refractivity contribution in [1.82, 2.24) is 0 Å². The molecule has 0 atom stereocenters. The predicted octanol–water partition coefficient (Wildman–Crippen LogP) is 4.70. The Labute approximate surface area is 164 Å². The van der Waals surface area contributed by atoms with Crippen molar-refractivity contribution in [2.45, 2.75) is 6.54 Å². The quantitative estimate of drug-likeness (QED) is 0.342. The van der Waals surface area contributed by atoms with Crippen LogP contribution >= 0.6 is 0 Å². The van der Waals surface area contributed by atoms with Gasteiger partial charge in [-0.25, -0.2) is 0 Å². The number of rotatable bonds is 7. The van der Waals surface area contributed by atoms with Gasteiger partial charge in [0.2, 0.25) is 0 Å². The third kappa shape index (κ3) is 4.73.